The normalized spacial score (nSPS) is 13.5. The first kappa shape index (κ1) is 21.8. The first-order chi connectivity index (χ1) is 13.9. The van der Waals surface area contributed by atoms with Crippen LogP contribution in [-0.2, 0) is 27.7 Å². The lowest BCUT2D eigenvalue weighted by molar-refractivity contribution is -0.116. The van der Waals surface area contributed by atoms with Gasteiger partial charge in [-0.3, -0.25) is 4.79 Å². The molecule has 1 aliphatic rings. The molecule has 0 saturated carbocycles. The van der Waals surface area contributed by atoms with Crippen LogP contribution in [0.1, 0.15) is 36.1 Å². The van der Waals surface area contributed by atoms with Crippen LogP contribution in [0.3, 0.4) is 0 Å². The van der Waals surface area contributed by atoms with Gasteiger partial charge in [0.1, 0.15) is 0 Å². The number of benzene rings is 1. The monoisotopic (exact) mass is 450 g/mol. The molecule has 0 unspecified atom stereocenters. The zero-order chi connectivity index (χ0) is 20.9. The molecule has 1 amide bonds. The van der Waals surface area contributed by atoms with Crippen molar-refractivity contribution in [2.75, 3.05) is 17.6 Å². The van der Waals surface area contributed by atoms with Gasteiger partial charge in [-0.25, -0.2) is 18.1 Å². The van der Waals surface area contributed by atoms with Gasteiger partial charge in [-0.15, -0.1) is 0 Å². The predicted octanol–water partition coefficient (Wildman–Crippen LogP) is 3.25. The molecule has 3 rings (SSSR count). The number of fused-ring (bicyclic) bond motifs is 1. The fraction of sp³-hybridized carbons (Fsp3) is 0.421. The second-order valence-corrected chi connectivity index (χ2v) is 10.7. The summed E-state index contributed by atoms with van der Waals surface area (Å²) in [7, 11) is -3.65. The lowest BCUT2D eigenvalue weighted by atomic mass is 9.92. The SMILES string of the molecule is Cc1nc(NC(=O)CCNS(=O)(=O)c2ccc3c(c2)CCCC3)sc1SCC#N. The number of amides is 1. The molecule has 1 aromatic heterocycles. The maximum absolute atomic E-state index is 12.5. The molecule has 0 fully saturated rings. The Morgan fingerprint density at radius 3 is 2.83 bits per heavy atom. The Labute approximate surface area is 179 Å². The van der Waals surface area contributed by atoms with Gasteiger partial charge in [-0.1, -0.05) is 29.2 Å². The molecule has 2 aromatic rings. The van der Waals surface area contributed by atoms with Gasteiger partial charge in [0, 0.05) is 13.0 Å². The van der Waals surface area contributed by atoms with E-state index in [2.05, 4.69) is 21.1 Å². The number of anilines is 1. The molecule has 154 valence electrons. The van der Waals surface area contributed by atoms with E-state index < -0.39 is 10.0 Å². The van der Waals surface area contributed by atoms with E-state index in [0.29, 0.717) is 10.9 Å². The maximum Gasteiger partial charge on any atom is 0.240 e. The van der Waals surface area contributed by atoms with Crippen molar-refractivity contribution < 1.29 is 13.2 Å². The van der Waals surface area contributed by atoms with E-state index in [1.807, 2.05) is 13.0 Å². The van der Waals surface area contributed by atoms with Gasteiger partial charge in [0.2, 0.25) is 15.9 Å². The molecule has 0 atom stereocenters. The van der Waals surface area contributed by atoms with E-state index in [1.54, 1.807) is 12.1 Å². The summed E-state index contributed by atoms with van der Waals surface area (Å²) < 4.78 is 28.4. The van der Waals surface area contributed by atoms with Gasteiger partial charge < -0.3 is 5.32 Å². The molecule has 2 N–H and O–H groups in total. The predicted molar refractivity (Wildman–Crippen MR) is 115 cm³/mol. The minimum atomic E-state index is -3.65. The van der Waals surface area contributed by atoms with Crippen LogP contribution in [0.5, 0.6) is 0 Å². The smallest absolute Gasteiger partial charge is 0.240 e. The first-order valence-corrected chi connectivity index (χ1v) is 12.6. The molecular weight excluding hydrogens is 428 g/mol. The maximum atomic E-state index is 12.5. The zero-order valence-corrected chi connectivity index (χ0v) is 18.5. The Morgan fingerprint density at radius 2 is 2.07 bits per heavy atom. The molecule has 0 saturated heterocycles. The lowest BCUT2D eigenvalue weighted by Crippen LogP contribution is -2.28. The average molecular weight is 451 g/mol. The van der Waals surface area contributed by atoms with E-state index in [0.717, 1.165) is 41.1 Å². The zero-order valence-electron chi connectivity index (χ0n) is 16.0. The molecule has 10 heteroatoms. The summed E-state index contributed by atoms with van der Waals surface area (Å²) >= 11 is 2.68. The van der Waals surface area contributed by atoms with Gasteiger partial charge in [-0.05, 0) is 55.9 Å². The molecule has 0 spiro atoms. The highest BCUT2D eigenvalue weighted by Crippen LogP contribution is 2.31. The molecule has 1 heterocycles. The number of nitrogens with zero attached hydrogens (tertiary/aromatic N) is 2. The van der Waals surface area contributed by atoms with Gasteiger partial charge in [0.25, 0.3) is 0 Å². The topological polar surface area (TPSA) is 112 Å². The van der Waals surface area contributed by atoms with E-state index in [4.69, 9.17) is 5.26 Å². The Kier molecular flexibility index (Phi) is 7.29. The number of carbonyl (C=O) groups is 1. The van der Waals surface area contributed by atoms with Crippen LogP contribution in [0.4, 0.5) is 5.13 Å². The third-order valence-corrected chi connectivity index (χ3v) is 8.30. The van der Waals surface area contributed by atoms with Crippen molar-refractivity contribution in [2.45, 2.75) is 48.1 Å². The summed E-state index contributed by atoms with van der Waals surface area (Å²) in [5.41, 5.74) is 3.08. The van der Waals surface area contributed by atoms with Crippen molar-refractivity contribution in [3.63, 3.8) is 0 Å². The highest BCUT2D eigenvalue weighted by atomic mass is 32.2. The van der Waals surface area contributed by atoms with Crippen LogP contribution in [0.15, 0.2) is 27.3 Å². The molecular formula is C19H22N4O3S3. The van der Waals surface area contributed by atoms with E-state index in [1.165, 1.54) is 28.7 Å². The second kappa shape index (κ2) is 9.71. The molecule has 1 aromatic carbocycles. The van der Waals surface area contributed by atoms with Gasteiger partial charge in [0.05, 0.1) is 26.6 Å². The van der Waals surface area contributed by atoms with Gasteiger partial charge >= 0.3 is 0 Å². The summed E-state index contributed by atoms with van der Waals surface area (Å²) in [5.74, 6) is 0.00433. The minimum absolute atomic E-state index is 0.00344. The third-order valence-electron chi connectivity index (χ3n) is 4.54. The van der Waals surface area contributed by atoms with Gasteiger partial charge in [0.15, 0.2) is 5.13 Å². The van der Waals surface area contributed by atoms with Crippen LogP contribution < -0.4 is 10.0 Å². The minimum Gasteiger partial charge on any atom is -0.302 e. The van der Waals surface area contributed by atoms with Crippen molar-refractivity contribution in [1.29, 1.82) is 5.26 Å². The lowest BCUT2D eigenvalue weighted by Gasteiger charge is -2.16. The Morgan fingerprint density at radius 1 is 1.31 bits per heavy atom. The Balaban J connectivity index is 1.52. The largest absolute Gasteiger partial charge is 0.302 e. The molecule has 1 aliphatic carbocycles. The number of nitriles is 1. The van der Waals surface area contributed by atoms with E-state index >= 15 is 0 Å². The fourth-order valence-corrected chi connectivity index (χ4v) is 6.01. The Bertz CT molecular complexity index is 1040. The molecule has 0 bridgehead atoms. The van der Waals surface area contributed by atoms with Crippen LogP contribution in [0.25, 0.3) is 0 Å². The van der Waals surface area contributed by atoms with Crippen molar-refractivity contribution in [1.82, 2.24) is 9.71 Å². The highest BCUT2D eigenvalue weighted by molar-refractivity contribution is 8.01. The van der Waals surface area contributed by atoms with Crippen LogP contribution >= 0.6 is 23.1 Å². The number of aromatic nitrogens is 1. The number of thiazole rings is 1. The van der Waals surface area contributed by atoms with Crippen molar-refractivity contribution >= 4 is 44.2 Å². The summed E-state index contributed by atoms with van der Waals surface area (Å²) in [4.78, 5) is 16.6. The fourth-order valence-electron chi connectivity index (χ4n) is 3.11. The summed E-state index contributed by atoms with van der Waals surface area (Å²) in [6, 6.07) is 7.32. The Hall–Kier alpha value is -1.93. The number of aryl methyl sites for hydroxylation is 3. The summed E-state index contributed by atoms with van der Waals surface area (Å²) in [5, 5.41) is 11.8. The third kappa shape index (κ3) is 5.79. The number of hydrogen-bond acceptors (Lipinski definition) is 7. The molecule has 0 aliphatic heterocycles. The number of nitrogens with one attached hydrogen (secondary N) is 2. The van der Waals surface area contributed by atoms with Crippen molar-refractivity contribution in [3.05, 3.63) is 35.0 Å². The van der Waals surface area contributed by atoms with Crippen LogP contribution in [0.2, 0.25) is 0 Å². The summed E-state index contributed by atoms with van der Waals surface area (Å²) in [6.45, 7) is 1.82. The number of thioether (sulfide) groups is 1. The quantitative estimate of drug-likeness (QED) is 0.597. The second-order valence-electron chi connectivity index (χ2n) is 6.67. The van der Waals surface area contributed by atoms with Crippen molar-refractivity contribution in [2.24, 2.45) is 0 Å². The summed E-state index contributed by atoms with van der Waals surface area (Å²) in [6.07, 6.45) is 4.13. The number of hydrogen-bond donors (Lipinski definition) is 2. The molecule has 7 nitrogen and oxygen atoms in total. The standard InChI is InChI=1S/C19H22N4O3S3/c1-13-18(27-11-9-20)28-19(22-13)23-17(24)8-10-21-29(25,26)16-7-6-14-4-2-3-5-15(14)12-16/h6-7,12,21H,2-5,8,10-11H2,1H3,(H,22,23,24). The van der Waals surface area contributed by atoms with Crippen LogP contribution in [0, 0.1) is 18.3 Å². The number of sulfonamides is 1. The average Bonchev–Trinajstić information content (AvgIpc) is 3.04. The number of carbonyl (C=O) groups excluding carboxylic acids is 1. The highest BCUT2D eigenvalue weighted by Gasteiger charge is 2.18. The van der Waals surface area contributed by atoms with E-state index in [9.17, 15) is 13.2 Å². The van der Waals surface area contributed by atoms with Gasteiger partial charge in [-0.2, -0.15) is 5.26 Å². The molecule has 0 radical (unpaired) electrons. The van der Waals surface area contributed by atoms with E-state index in [-0.39, 0.29) is 23.8 Å². The molecule has 29 heavy (non-hydrogen) atoms. The number of rotatable bonds is 8. The van der Waals surface area contributed by atoms with Crippen LogP contribution in [-0.4, -0.2) is 31.6 Å². The van der Waals surface area contributed by atoms with Crippen molar-refractivity contribution in [3.8, 4) is 6.07 Å². The first-order valence-electron chi connectivity index (χ1n) is 9.27.